The number of nitrogens with zero attached hydrogens (tertiary/aromatic N) is 1. The quantitative estimate of drug-likeness (QED) is 0.565. The molecule has 0 radical (unpaired) electrons. The summed E-state index contributed by atoms with van der Waals surface area (Å²) in [6, 6.07) is 10.5. The first kappa shape index (κ1) is 20.8. The molecule has 148 valence electrons. The molecule has 0 saturated carbocycles. The van der Waals surface area contributed by atoms with E-state index in [1.165, 1.54) is 22.7 Å². The van der Waals surface area contributed by atoms with Crippen LogP contribution in [0.25, 0.3) is 9.88 Å². The summed E-state index contributed by atoms with van der Waals surface area (Å²) < 4.78 is 28.5. The first-order valence-electron chi connectivity index (χ1n) is 8.16. The summed E-state index contributed by atoms with van der Waals surface area (Å²) in [5.41, 5.74) is 1.19. The number of amides is 1. The maximum Gasteiger partial charge on any atom is 0.267 e. The Bertz CT molecular complexity index is 1110. The Morgan fingerprint density at radius 1 is 1.25 bits per heavy atom. The molecule has 0 aliphatic carbocycles. The number of nitrogens with one attached hydrogen (secondary N) is 1. The fraction of sp³-hybridized carbons (Fsp3) is 0.222. The van der Waals surface area contributed by atoms with Crippen molar-refractivity contribution in [2.75, 3.05) is 23.9 Å². The number of hydrogen-bond acceptors (Lipinski definition) is 7. The SMILES string of the molecule is Cc1nc(-c2ccc(Cl)s2)sc1C(=O)Nc1cccc(OCCS(C)(=O)=O)c1. The number of thiophene rings is 1. The molecule has 3 aromatic rings. The molecule has 10 heteroatoms. The van der Waals surface area contributed by atoms with E-state index in [9.17, 15) is 13.2 Å². The van der Waals surface area contributed by atoms with Crippen LogP contribution < -0.4 is 10.1 Å². The van der Waals surface area contributed by atoms with E-state index in [1.807, 2.05) is 6.07 Å². The Labute approximate surface area is 176 Å². The van der Waals surface area contributed by atoms with Gasteiger partial charge in [0.05, 0.1) is 20.7 Å². The van der Waals surface area contributed by atoms with Crippen molar-refractivity contribution in [1.82, 2.24) is 4.98 Å². The van der Waals surface area contributed by atoms with Crippen LogP contribution in [0.5, 0.6) is 5.75 Å². The van der Waals surface area contributed by atoms with Gasteiger partial charge in [-0.3, -0.25) is 4.79 Å². The van der Waals surface area contributed by atoms with E-state index in [-0.39, 0.29) is 18.3 Å². The van der Waals surface area contributed by atoms with Gasteiger partial charge in [0.1, 0.15) is 22.2 Å². The van der Waals surface area contributed by atoms with E-state index in [1.54, 1.807) is 37.3 Å². The van der Waals surface area contributed by atoms with Crippen LogP contribution in [-0.2, 0) is 9.84 Å². The highest BCUT2D eigenvalue weighted by atomic mass is 35.5. The standard InChI is InChI=1S/C18H17ClN2O4S3/c1-11-16(27-18(20-11)14-6-7-15(19)26-14)17(22)21-12-4-3-5-13(10-12)25-8-9-28(2,23)24/h3-7,10H,8-9H2,1-2H3,(H,21,22). The minimum Gasteiger partial charge on any atom is -0.492 e. The predicted molar refractivity (Wildman–Crippen MR) is 115 cm³/mol. The summed E-state index contributed by atoms with van der Waals surface area (Å²) in [6.07, 6.45) is 1.16. The zero-order valence-corrected chi connectivity index (χ0v) is 18.3. The van der Waals surface area contributed by atoms with Gasteiger partial charge in [0.2, 0.25) is 0 Å². The van der Waals surface area contributed by atoms with E-state index < -0.39 is 9.84 Å². The molecule has 1 N–H and O–H groups in total. The van der Waals surface area contributed by atoms with E-state index in [0.717, 1.165) is 16.1 Å². The Hall–Kier alpha value is -1.94. The van der Waals surface area contributed by atoms with E-state index in [4.69, 9.17) is 16.3 Å². The van der Waals surface area contributed by atoms with Gasteiger partial charge in [0, 0.05) is 18.0 Å². The predicted octanol–water partition coefficient (Wildman–Crippen LogP) is 4.51. The van der Waals surface area contributed by atoms with Crippen LogP contribution in [0.2, 0.25) is 4.34 Å². The molecular formula is C18H17ClN2O4S3. The molecule has 0 fully saturated rings. The maximum atomic E-state index is 12.7. The zero-order chi connectivity index (χ0) is 20.3. The third kappa shape index (κ3) is 5.54. The highest BCUT2D eigenvalue weighted by Gasteiger charge is 2.17. The summed E-state index contributed by atoms with van der Waals surface area (Å²) >= 11 is 8.69. The zero-order valence-electron chi connectivity index (χ0n) is 15.1. The summed E-state index contributed by atoms with van der Waals surface area (Å²) in [5.74, 6) is 0.146. The van der Waals surface area contributed by atoms with Gasteiger partial charge in [-0.1, -0.05) is 17.7 Å². The average molecular weight is 457 g/mol. The van der Waals surface area contributed by atoms with Gasteiger partial charge in [0.15, 0.2) is 9.84 Å². The highest BCUT2D eigenvalue weighted by Crippen LogP contribution is 2.35. The molecule has 6 nitrogen and oxygen atoms in total. The molecule has 1 aromatic carbocycles. The Balaban J connectivity index is 1.69. The van der Waals surface area contributed by atoms with Crippen molar-refractivity contribution in [1.29, 1.82) is 0 Å². The van der Waals surface area contributed by atoms with E-state index in [0.29, 0.717) is 26.3 Å². The lowest BCUT2D eigenvalue weighted by Gasteiger charge is -2.08. The van der Waals surface area contributed by atoms with Gasteiger partial charge in [-0.25, -0.2) is 13.4 Å². The molecule has 1 amide bonds. The van der Waals surface area contributed by atoms with Crippen LogP contribution in [0.3, 0.4) is 0 Å². The van der Waals surface area contributed by atoms with Crippen molar-refractivity contribution in [3.63, 3.8) is 0 Å². The first-order valence-corrected chi connectivity index (χ1v) is 12.2. The highest BCUT2D eigenvalue weighted by molar-refractivity contribution is 7.90. The fourth-order valence-corrected chi connectivity index (χ4v) is 4.75. The molecule has 0 spiro atoms. The van der Waals surface area contributed by atoms with Crippen LogP contribution in [0, 0.1) is 6.92 Å². The van der Waals surface area contributed by atoms with Crippen molar-refractivity contribution < 1.29 is 17.9 Å². The van der Waals surface area contributed by atoms with Gasteiger partial charge >= 0.3 is 0 Å². The van der Waals surface area contributed by atoms with Crippen molar-refractivity contribution in [3.05, 3.63) is 51.3 Å². The summed E-state index contributed by atoms with van der Waals surface area (Å²) in [4.78, 5) is 18.6. The van der Waals surface area contributed by atoms with Crippen molar-refractivity contribution in [3.8, 4) is 15.6 Å². The fourth-order valence-electron chi connectivity index (χ4n) is 2.30. The van der Waals surface area contributed by atoms with Crippen LogP contribution in [0.4, 0.5) is 5.69 Å². The number of ether oxygens (including phenoxy) is 1. The number of anilines is 1. The molecular weight excluding hydrogens is 440 g/mol. The number of carbonyl (C=O) groups is 1. The monoisotopic (exact) mass is 456 g/mol. The van der Waals surface area contributed by atoms with Crippen molar-refractivity contribution in [2.45, 2.75) is 6.92 Å². The number of aryl methyl sites for hydroxylation is 1. The number of benzene rings is 1. The molecule has 3 rings (SSSR count). The molecule has 0 aliphatic rings. The second kappa shape index (κ2) is 8.60. The lowest BCUT2D eigenvalue weighted by atomic mass is 10.3. The number of carbonyl (C=O) groups excluding carboxylic acids is 1. The lowest BCUT2D eigenvalue weighted by molar-refractivity contribution is 0.103. The molecule has 0 bridgehead atoms. The molecule has 2 aromatic heterocycles. The van der Waals surface area contributed by atoms with Crippen LogP contribution in [-0.4, -0.2) is 37.9 Å². The molecule has 0 aliphatic heterocycles. The smallest absolute Gasteiger partial charge is 0.267 e. The van der Waals surface area contributed by atoms with Gasteiger partial charge in [-0.05, 0) is 31.2 Å². The van der Waals surface area contributed by atoms with Crippen LogP contribution in [0.15, 0.2) is 36.4 Å². The van der Waals surface area contributed by atoms with Crippen molar-refractivity contribution in [2.24, 2.45) is 0 Å². The van der Waals surface area contributed by atoms with Gasteiger partial charge < -0.3 is 10.1 Å². The molecule has 0 atom stereocenters. The van der Waals surface area contributed by atoms with Crippen LogP contribution in [0.1, 0.15) is 15.4 Å². The van der Waals surface area contributed by atoms with E-state index in [2.05, 4.69) is 10.3 Å². The molecule has 2 heterocycles. The van der Waals surface area contributed by atoms with Crippen LogP contribution >= 0.6 is 34.3 Å². The number of sulfone groups is 1. The number of rotatable bonds is 7. The minimum atomic E-state index is -3.09. The number of thiazole rings is 1. The molecule has 28 heavy (non-hydrogen) atoms. The second-order valence-corrected chi connectivity index (χ2v) is 11.0. The minimum absolute atomic E-state index is 0.0525. The van der Waals surface area contributed by atoms with Gasteiger partial charge in [-0.2, -0.15) is 0 Å². The molecule has 0 unspecified atom stereocenters. The Kier molecular flexibility index (Phi) is 6.39. The van der Waals surface area contributed by atoms with Crippen molar-refractivity contribution >= 4 is 55.7 Å². The Morgan fingerprint density at radius 3 is 2.71 bits per heavy atom. The largest absolute Gasteiger partial charge is 0.492 e. The average Bonchev–Trinajstić information content (AvgIpc) is 3.20. The first-order chi connectivity index (χ1) is 13.2. The summed E-state index contributed by atoms with van der Waals surface area (Å²) in [5, 5.41) is 3.57. The Morgan fingerprint density at radius 2 is 2.04 bits per heavy atom. The van der Waals surface area contributed by atoms with Gasteiger partial charge in [0.25, 0.3) is 5.91 Å². The number of halogens is 1. The third-order valence-corrected chi connectivity index (χ3v) is 7.07. The summed E-state index contributed by atoms with van der Waals surface area (Å²) in [7, 11) is -3.09. The topological polar surface area (TPSA) is 85.4 Å². The third-order valence-electron chi connectivity index (χ3n) is 3.60. The summed E-state index contributed by atoms with van der Waals surface area (Å²) in [6.45, 7) is 1.84. The lowest BCUT2D eigenvalue weighted by Crippen LogP contribution is -2.13. The normalized spacial score (nSPS) is 11.4. The number of hydrogen-bond donors (Lipinski definition) is 1. The second-order valence-electron chi connectivity index (χ2n) is 6.00. The molecule has 0 saturated heterocycles. The van der Waals surface area contributed by atoms with Gasteiger partial charge in [-0.15, -0.1) is 22.7 Å². The maximum absolute atomic E-state index is 12.7. The van der Waals surface area contributed by atoms with E-state index >= 15 is 0 Å². The number of aromatic nitrogens is 1.